The largest absolute Gasteiger partial charge is 0.506 e. The minimum Gasteiger partial charge on any atom is -0.506 e. The van der Waals surface area contributed by atoms with Gasteiger partial charge in [0.05, 0.1) is 22.0 Å². The van der Waals surface area contributed by atoms with Gasteiger partial charge in [0, 0.05) is 22.4 Å². The number of aromatic hydroxyl groups is 1. The fourth-order valence-electron chi connectivity index (χ4n) is 3.00. The molecular formula is C20H17Br2N3O4. The lowest BCUT2D eigenvalue weighted by Crippen LogP contribution is -2.34. The number of Topliss-reactive ketones (excluding diaryl/α,β-unsaturated/α-hetero) is 1. The number of nitrogens with two attached hydrogens (primary N) is 1. The van der Waals surface area contributed by atoms with Gasteiger partial charge in [-0.15, -0.1) is 0 Å². The van der Waals surface area contributed by atoms with Crippen LogP contribution in [0.25, 0.3) is 11.6 Å². The number of phenols is 1. The number of halogens is 2. The van der Waals surface area contributed by atoms with E-state index in [4.69, 9.17) is 5.73 Å². The minimum absolute atomic E-state index is 0.0213. The van der Waals surface area contributed by atoms with E-state index >= 15 is 0 Å². The van der Waals surface area contributed by atoms with Crippen LogP contribution < -0.4 is 11.1 Å². The lowest BCUT2D eigenvalue weighted by molar-refractivity contribution is -0.118. The molecular weight excluding hydrogens is 506 g/mol. The summed E-state index contributed by atoms with van der Waals surface area (Å²) in [5.41, 5.74) is 7.90. The molecule has 4 N–H and O–H groups in total. The Labute approximate surface area is 183 Å². The zero-order chi connectivity index (χ0) is 21.3. The molecule has 0 bridgehead atoms. The monoisotopic (exact) mass is 521 g/mol. The maximum Gasteiger partial charge on any atom is 0.256 e. The van der Waals surface area contributed by atoms with Crippen molar-refractivity contribution >= 4 is 66.8 Å². The van der Waals surface area contributed by atoms with Crippen LogP contribution in [-0.2, 0) is 9.59 Å². The van der Waals surface area contributed by atoms with Crippen molar-refractivity contribution in [3.63, 3.8) is 0 Å². The van der Waals surface area contributed by atoms with E-state index < -0.39 is 5.91 Å². The van der Waals surface area contributed by atoms with Crippen molar-refractivity contribution in [2.45, 2.75) is 0 Å². The van der Waals surface area contributed by atoms with Crippen molar-refractivity contribution in [2.75, 3.05) is 25.5 Å². The van der Waals surface area contributed by atoms with Gasteiger partial charge in [0.1, 0.15) is 5.75 Å². The summed E-state index contributed by atoms with van der Waals surface area (Å²) in [5.74, 6) is -0.919. The van der Waals surface area contributed by atoms with Crippen molar-refractivity contribution in [3.8, 4) is 5.75 Å². The average Bonchev–Trinajstić information content (AvgIpc) is 2.93. The lowest BCUT2D eigenvalue weighted by Gasteiger charge is -2.13. The van der Waals surface area contributed by atoms with Gasteiger partial charge in [-0.05, 0) is 80.9 Å². The standard InChI is InChI=1S/C20H17Br2N3O4/c1-25(9-18(23)27)8-17(26)11-2-3-16-12(7-11)13(20(29)24-16)4-10-5-14(21)19(28)15(22)6-10/h2-7,28H,8-9H2,1H3,(H2,23,27)(H,24,29). The van der Waals surface area contributed by atoms with Crippen LogP contribution in [0.3, 0.4) is 0 Å². The van der Waals surface area contributed by atoms with Crippen LogP contribution in [0.15, 0.2) is 39.3 Å². The second-order valence-electron chi connectivity index (χ2n) is 6.67. The van der Waals surface area contributed by atoms with Gasteiger partial charge in [0.2, 0.25) is 5.91 Å². The average molecular weight is 523 g/mol. The highest BCUT2D eigenvalue weighted by Crippen LogP contribution is 2.37. The Kier molecular flexibility index (Phi) is 6.21. The smallest absolute Gasteiger partial charge is 0.256 e. The number of rotatable bonds is 6. The highest BCUT2D eigenvalue weighted by Gasteiger charge is 2.25. The molecule has 7 nitrogen and oxygen atoms in total. The molecule has 0 unspecified atom stereocenters. The van der Waals surface area contributed by atoms with E-state index in [1.807, 2.05) is 0 Å². The molecule has 2 amide bonds. The van der Waals surface area contributed by atoms with E-state index in [1.54, 1.807) is 43.5 Å². The molecule has 0 saturated carbocycles. The molecule has 2 aromatic rings. The fraction of sp³-hybridized carbons (Fsp3) is 0.150. The van der Waals surface area contributed by atoms with Gasteiger partial charge >= 0.3 is 0 Å². The highest BCUT2D eigenvalue weighted by molar-refractivity contribution is 9.11. The van der Waals surface area contributed by atoms with E-state index in [2.05, 4.69) is 37.2 Å². The van der Waals surface area contributed by atoms with Crippen molar-refractivity contribution in [1.29, 1.82) is 0 Å². The van der Waals surface area contributed by atoms with Crippen LogP contribution >= 0.6 is 31.9 Å². The molecule has 0 radical (unpaired) electrons. The molecule has 150 valence electrons. The number of fused-ring (bicyclic) bond motifs is 1. The highest BCUT2D eigenvalue weighted by atomic mass is 79.9. The molecule has 3 rings (SSSR count). The molecule has 0 spiro atoms. The number of primary amides is 1. The summed E-state index contributed by atoms with van der Waals surface area (Å²) in [4.78, 5) is 37.5. The molecule has 0 atom stereocenters. The molecule has 9 heteroatoms. The molecule has 1 aliphatic heterocycles. The van der Waals surface area contributed by atoms with Crippen LogP contribution in [0, 0.1) is 0 Å². The molecule has 2 aromatic carbocycles. The SMILES string of the molecule is CN(CC(N)=O)CC(=O)c1ccc2c(c1)C(=Cc1cc(Br)c(O)c(Br)c1)C(=O)N2. The van der Waals surface area contributed by atoms with Crippen molar-refractivity contribution in [1.82, 2.24) is 4.90 Å². The Hall–Kier alpha value is -2.49. The zero-order valence-corrected chi connectivity index (χ0v) is 18.5. The van der Waals surface area contributed by atoms with Gasteiger partial charge < -0.3 is 16.2 Å². The van der Waals surface area contributed by atoms with Crippen LogP contribution in [0.5, 0.6) is 5.75 Å². The van der Waals surface area contributed by atoms with E-state index in [0.29, 0.717) is 36.9 Å². The topological polar surface area (TPSA) is 113 Å². The van der Waals surface area contributed by atoms with Crippen LogP contribution in [-0.4, -0.2) is 47.7 Å². The zero-order valence-electron chi connectivity index (χ0n) is 15.3. The normalized spacial score (nSPS) is 14.2. The van der Waals surface area contributed by atoms with E-state index in [0.717, 1.165) is 0 Å². The quantitative estimate of drug-likeness (QED) is 0.398. The van der Waals surface area contributed by atoms with Gasteiger partial charge in [-0.25, -0.2) is 0 Å². The van der Waals surface area contributed by atoms with Crippen molar-refractivity contribution in [3.05, 3.63) is 56.0 Å². The number of carbonyl (C=O) groups excluding carboxylic acids is 3. The number of anilines is 1. The molecule has 29 heavy (non-hydrogen) atoms. The third kappa shape index (κ3) is 4.75. The fourth-order valence-corrected chi connectivity index (χ4v) is 4.22. The summed E-state index contributed by atoms with van der Waals surface area (Å²) in [6.45, 7) is 0.00644. The van der Waals surface area contributed by atoms with E-state index in [1.165, 1.54) is 4.90 Å². The number of phenolic OH excluding ortho intramolecular Hbond substituents is 1. The first-order valence-corrected chi connectivity index (χ1v) is 10.1. The first-order valence-electron chi connectivity index (χ1n) is 8.51. The van der Waals surface area contributed by atoms with Gasteiger partial charge in [0.15, 0.2) is 5.78 Å². The maximum atomic E-state index is 12.6. The summed E-state index contributed by atoms with van der Waals surface area (Å²) >= 11 is 6.54. The third-order valence-corrected chi connectivity index (χ3v) is 5.52. The molecule has 1 aliphatic rings. The lowest BCUT2D eigenvalue weighted by atomic mass is 10.00. The van der Waals surface area contributed by atoms with Gasteiger partial charge in [-0.3, -0.25) is 19.3 Å². The van der Waals surface area contributed by atoms with E-state index in [-0.39, 0.29) is 30.5 Å². The second-order valence-corrected chi connectivity index (χ2v) is 8.38. The molecule has 0 saturated heterocycles. The Morgan fingerprint density at radius 3 is 2.45 bits per heavy atom. The summed E-state index contributed by atoms with van der Waals surface area (Å²) in [6, 6.07) is 8.34. The molecule has 0 aromatic heterocycles. The van der Waals surface area contributed by atoms with Crippen LogP contribution in [0.4, 0.5) is 5.69 Å². The molecule has 0 aliphatic carbocycles. The van der Waals surface area contributed by atoms with Gasteiger partial charge in [0.25, 0.3) is 5.91 Å². The Balaban J connectivity index is 1.93. The van der Waals surface area contributed by atoms with Gasteiger partial charge in [-0.2, -0.15) is 0 Å². The number of ketones is 1. The number of nitrogens with one attached hydrogen (secondary N) is 1. The van der Waals surface area contributed by atoms with Crippen molar-refractivity contribution < 1.29 is 19.5 Å². The Morgan fingerprint density at radius 1 is 1.17 bits per heavy atom. The Bertz CT molecular complexity index is 1040. The number of amides is 2. The van der Waals surface area contributed by atoms with Crippen LogP contribution in [0.1, 0.15) is 21.5 Å². The maximum absolute atomic E-state index is 12.6. The molecule has 1 heterocycles. The van der Waals surface area contributed by atoms with Crippen LogP contribution in [0.2, 0.25) is 0 Å². The number of likely N-dealkylation sites (N-methyl/N-ethyl adjacent to an activating group) is 1. The van der Waals surface area contributed by atoms with Crippen molar-refractivity contribution in [2.24, 2.45) is 5.73 Å². The van der Waals surface area contributed by atoms with E-state index in [9.17, 15) is 19.5 Å². The predicted octanol–water partition coefficient (Wildman–Crippen LogP) is 3.01. The number of hydrogen-bond acceptors (Lipinski definition) is 5. The first-order chi connectivity index (χ1) is 13.7. The number of benzene rings is 2. The number of hydrogen-bond donors (Lipinski definition) is 3. The summed E-state index contributed by atoms with van der Waals surface area (Å²) in [5, 5.41) is 12.6. The predicted molar refractivity (Wildman–Crippen MR) is 117 cm³/mol. The summed E-state index contributed by atoms with van der Waals surface area (Å²) in [6.07, 6.45) is 1.68. The summed E-state index contributed by atoms with van der Waals surface area (Å²) < 4.78 is 0.970. The number of carbonyl (C=O) groups is 3. The Morgan fingerprint density at radius 2 is 1.83 bits per heavy atom. The number of nitrogens with zero attached hydrogens (tertiary/aromatic N) is 1. The minimum atomic E-state index is -0.513. The second kappa shape index (κ2) is 8.48. The molecule has 0 fully saturated rings. The first kappa shape index (κ1) is 21.2. The third-order valence-electron chi connectivity index (χ3n) is 4.31. The summed E-state index contributed by atoms with van der Waals surface area (Å²) in [7, 11) is 1.63. The van der Waals surface area contributed by atoms with Gasteiger partial charge in [-0.1, -0.05) is 0 Å².